The van der Waals surface area contributed by atoms with E-state index in [-0.39, 0.29) is 5.97 Å². The molecule has 0 aliphatic heterocycles. The Morgan fingerprint density at radius 2 is 1.58 bits per heavy atom. The SMILES string of the molecule is CCCCCCCCCC/C=C/C(CCCCC(=O)OC)COC. The van der Waals surface area contributed by atoms with Crippen LogP contribution in [0.4, 0.5) is 0 Å². The highest BCUT2D eigenvalue weighted by atomic mass is 16.5. The van der Waals surface area contributed by atoms with Crippen molar-refractivity contribution in [1.82, 2.24) is 0 Å². The third-order valence-corrected chi connectivity index (χ3v) is 4.45. The van der Waals surface area contributed by atoms with Crippen LogP contribution < -0.4 is 0 Å². The van der Waals surface area contributed by atoms with Gasteiger partial charge in [0.15, 0.2) is 0 Å². The van der Waals surface area contributed by atoms with Gasteiger partial charge < -0.3 is 9.47 Å². The Kier molecular flexibility index (Phi) is 17.9. The van der Waals surface area contributed by atoms with Gasteiger partial charge in [0.1, 0.15) is 0 Å². The van der Waals surface area contributed by atoms with Gasteiger partial charge in [0.25, 0.3) is 0 Å². The molecule has 0 N–H and O–H groups in total. The molecule has 0 amide bonds. The zero-order valence-electron chi connectivity index (χ0n) is 16.4. The predicted molar refractivity (Wildman–Crippen MR) is 102 cm³/mol. The highest BCUT2D eigenvalue weighted by molar-refractivity contribution is 5.68. The fourth-order valence-corrected chi connectivity index (χ4v) is 2.91. The number of carbonyl (C=O) groups is 1. The second kappa shape index (κ2) is 18.5. The number of hydrogen-bond donors (Lipinski definition) is 0. The molecule has 0 spiro atoms. The molecule has 0 heterocycles. The van der Waals surface area contributed by atoms with Crippen molar-refractivity contribution in [3.8, 4) is 0 Å². The van der Waals surface area contributed by atoms with E-state index in [9.17, 15) is 4.79 Å². The van der Waals surface area contributed by atoms with Crippen molar-refractivity contribution in [2.24, 2.45) is 5.92 Å². The van der Waals surface area contributed by atoms with E-state index >= 15 is 0 Å². The Bertz CT molecular complexity index is 299. The molecule has 3 heteroatoms. The molecular weight excluding hydrogens is 300 g/mol. The first-order chi connectivity index (χ1) is 11.7. The average molecular weight is 341 g/mol. The summed E-state index contributed by atoms with van der Waals surface area (Å²) in [5.74, 6) is 0.366. The Morgan fingerprint density at radius 1 is 0.917 bits per heavy atom. The maximum absolute atomic E-state index is 11.1. The smallest absolute Gasteiger partial charge is 0.305 e. The van der Waals surface area contributed by atoms with E-state index in [1.54, 1.807) is 7.11 Å². The molecule has 0 aliphatic rings. The Labute approximate surface area is 150 Å². The molecule has 142 valence electrons. The number of hydrogen-bond acceptors (Lipinski definition) is 3. The van der Waals surface area contributed by atoms with Crippen LogP contribution in [-0.4, -0.2) is 26.8 Å². The minimum absolute atomic E-state index is 0.108. The molecule has 0 aromatic heterocycles. The number of carbonyl (C=O) groups excluding carboxylic acids is 1. The van der Waals surface area contributed by atoms with Crippen LogP contribution in [-0.2, 0) is 14.3 Å². The van der Waals surface area contributed by atoms with Crippen LogP contribution in [0, 0.1) is 5.92 Å². The minimum Gasteiger partial charge on any atom is -0.469 e. The van der Waals surface area contributed by atoms with Crippen molar-refractivity contribution in [1.29, 1.82) is 0 Å². The van der Waals surface area contributed by atoms with E-state index in [0.29, 0.717) is 12.3 Å². The quantitative estimate of drug-likeness (QED) is 0.183. The normalized spacial score (nSPS) is 12.6. The minimum atomic E-state index is -0.108. The van der Waals surface area contributed by atoms with Crippen LogP contribution in [0.1, 0.15) is 90.4 Å². The lowest BCUT2D eigenvalue weighted by atomic mass is 10.0. The maximum atomic E-state index is 11.1. The Balaban J connectivity index is 3.63. The molecule has 0 bridgehead atoms. The van der Waals surface area contributed by atoms with Gasteiger partial charge in [-0.2, -0.15) is 0 Å². The van der Waals surface area contributed by atoms with Crippen LogP contribution in [0.15, 0.2) is 12.2 Å². The largest absolute Gasteiger partial charge is 0.469 e. The van der Waals surface area contributed by atoms with Crippen molar-refractivity contribution in [3.05, 3.63) is 12.2 Å². The summed E-state index contributed by atoms with van der Waals surface area (Å²) < 4.78 is 9.97. The highest BCUT2D eigenvalue weighted by Crippen LogP contribution is 2.14. The molecule has 0 rings (SSSR count). The fourth-order valence-electron chi connectivity index (χ4n) is 2.91. The van der Waals surface area contributed by atoms with Gasteiger partial charge in [0.05, 0.1) is 13.7 Å². The summed E-state index contributed by atoms with van der Waals surface area (Å²) >= 11 is 0. The van der Waals surface area contributed by atoms with E-state index in [0.717, 1.165) is 25.9 Å². The molecule has 0 fully saturated rings. The number of allylic oxidation sites excluding steroid dienone is 1. The molecule has 24 heavy (non-hydrogen) atoms. The van der Waals surface area contributed by atoms with E-state index in [1.807, 2.05) is 0 Å². The molecular formula is C21H40O3. The maximum Gasteiger partial charge on any atom is 0.305 e. The Hall–Kier alpha value is -0.830. The van der Waals surface area contributed by atoms with E-state index in [4.69, 9.17) is 4.74 Å². The molecule has 0 aromatic rings. The van der Waals surface area contributed by atoms with Crippen LogP contribution in [0.25, 0.3) is 0 Å². The topological polar surface area (TPSA) is 35.5 Å². The zero-order chi connectivity index (χ0) is 17.9. The highest BCUT2D eigenvalue weighted by Gasteiger charge is 2.06. The molecule has 0 aromatic carbocycles. The summed E-state index contributed by atoms with van der Waals surface area (Å²) in [5, 5.41) is 0. The lowest BCUT2D eigenvalue weighted by Crippen LogP contribution is -2.06. The van der Waals surface area contributed by atoms with Gasteiger partial charge in [-0.3, -0.25) is 4.79 Å². The van der Waals surface area contributed by atoms with Gasteiger partial charge in [-0.25, -0.2) is 0 Å². The number of methoxy groups -OCH3 is 2. The van der Waals surface area contributed by atoms with E-state index < -0.39 is 0 Å². The van der Waals surface area contributed by atoms with Crippen LogP contribution in [0.3, 0.4) is 0 Å². The molecule has 1 atom stereocenters. The summed E-state index contributed by atoms with van der Waals surface area (Å²) in [7, 11) is 3.21. The fraction of sp³-hybridized carbons (Fsp3) is 0.857. The standard InChI is InChI=1S/C21H40O3/c1-4-5-6-7-8-9-10-11-12-13-16-20(19-23-2)17-14-15-18-21(22)24-3/h13,16,20H,4-12,14-15,17-19H2,1-3H3/b16-13+. The van der Waals surface area contributed by atoms with Crippen LogP contribution in [0.2, 0.25) is 0 Å². The second-order valence-corrected chi connectivity index (χ2v) is 6.73. The van der Waals surface area contributed by atoms with Gasteiger partial charge >= 0.3 is 5.97 Å². The van der Waals surface area contributed by atoms with Crippen molar-refractivity contribution >= 4 is 5.97 Å². The first kappa shape index (κ1) is 23.2. The summed E-state index contributed by atoms with van der Waals surface area (Å²) in [6, 6.07) is 0. The predicted octanol–water partition coefficient (Wildman–Crippen LogP) is 6.07. The van der Waals surface area contributed by atoms with Gasteiger partial charge in [0, 0.05) is 19.4 Å². The third-order valence-electron chi connectivity index (χ3n) is 4.45. The van der Waals surface area contributed by atoms with Crippen molar-refractivity contribution in [3.63, 3.8) is 0 Å². The molecule has 0 aliphatic carbocycles. The van der Waals surface area contributed by atoms with E-state index in [2.05, 4.69) is 23.8 Å². The monoisotopic (exact) mass is 340 g/mol. The molecule has 1 unspecified atom stereocenters. The average Bonchev–Trinajstić information content (AvgIpc) is 2.59. The van der Waals surface area contributed by atoms with Crippen LogP contribution in [0.5, 0.6) is 0 Å². The Morgan fingerprint density at radius 3 is 2.21 bits per heavy atom. The number of esters is 1. The summed E-state index contributed by atoms with van der Waals surface area (Å²) in [4.78, 5) is 11.1. The molecule has 3 nitrogen and oxygen atoms in total. The zero-order valence-corrected chi connectivity index (χ0v) is 16.4. The van der Waals surface area contributed by atoms with Crippen LogP contribution >= 0.6 is 0 Å². The van der Waals surface area contributed by atoms with Crippen molar-refractivity contribution in [2.45, 2.75) is 90.4 Å². The van der Waals surface area contributed by atoms with Crippen molar-refractivity contribution < 1.29 is 14.3 Å². The van der Waals surface area contributed by atoms with Crippen molar-refractivity contribution in [2.75, 3.05) is 20.8 Å². The number of unbranched alkanes of at least 4 members (excludes halogenated alkanes) is 9. The summed E-state index contributed by atoms with van der Waals surface area (Å²) in [6.07, 6.45) is 20.3. The van der Waals surface area contributed by atoms with Gasteiger partial charge in [-0.15, -0.1) is 0 Å². The van der Waals surface area contributed by atoms with Gasteiger partial charge in [-0.1, -0.05) is 70.4 Å². The summed E-state index contributed by atoms with van der Waals surface area (Å²) in [5.41, 5.74) is 0. The first-order valence-electron chi connectivity index (χ1n) is 9.97. The summed E-state index contributed by atoms with van der Waals surface area (Å²) in [6.45, 7) is 3.04. The van der Waals surface area contributed by atoms with E-state index in [1.165, 1.54) is 64.9 Å². The number of rotatable bonds is 17. The lowest BCUT2D eigenvalue weighted by molar-refractivity contribution is -0.140. The molecule has 0 saturated carbocycles. The van der Waals surface area contributed by atoms with Gasteiger partial charge in [-0.05, 0) is 25.7 Å². The molecule has 0 saturated heterocycles. The second-order valence-electron chi connectivity index (χ2n) is 6.73. The van der Waals surface area contributed by atoms with Gasteiger partial charge in [0.2, 0.25) is 0 Å². The first-order valence-corrected chi connectivity index (χ1v) is 9.97. The molecule has 0 radical (unpaired) electrons. The number of ether oxygens (including phenoxy) is 2. The third kappa shape index (κ3) is 16.0. The lowest BCUT2D eigenvalue weighted by Gasteiger charge is -2.11.